The molecule has 122 valence electrons. The molecule has 0 aliphatic carbocycles. The summed E-state index contributed by atoms with van der Waals surface area (Å²) in [5, 5.41) is 3.74. The van der Waals surface area contributed by atoms with Crippen LogP contribution in [0.5, 0.6) is 0 Å². The molecule has 0 spiro atoms. The number of carbonyl (C=O) groups excluding carboxylic acids is 1. The summed E-state index contributed by atoms with van der Waals surface area (Å²) < 4.78 is 5.56. The fraction of sp³-hybridized carbons (Fsp3) is 0.412. The van der Waals surface area contributed by atoms with Gasteiger partial charge < -0.3 is 9.64 Å². The number of amides is 1. The highest BCUT2D eigenvalue weighted by atomic mass is 35.5. The number of benzene rings is 1. The normalized spacial score (nSPS) is 18.2. The van der Waals surface area contributed by atoms with E-state index in [2.05, 4.69) is 4.98 Å². The second-order valence-corrected chi connectivity index (χ2v) is 7.03. The lowest BCUT2D eigenvalue weighted by Crippen LogP contribution is -2.43. The maximum atomic E-state index is 12.7. The Morgan fingerprint density at radius 1 is 1.48 bits per heavy atom. The number of thiazole rings is 1. The summed E-state index contributed by atoms with van der Waals surface area (Å²) >= 11 is 7.77. The van der Waals surface area contributed by atoms with Crippen LogP contribution < -0.4 is 0 Å². The van der Waals surface area contributed by atoms with Gasteiger partial charge in [-0.25, -0.2) is 4.98 Å². The third kappa shape index (κ3) is 3.91. The van der Waals surface area contributed by atoms with Crippen molar-refractivity contribution in [2.75, 3.05) is 19.8 Å². The van der Waals surface area contributed by atoms with Crippen molar-refractivity contribution in [3.05, 3.63) is 50.9 Å². The number of hydrogen-bond donors (Lipinski definition) is 0. The van der Waals surface area contributed by atoms with Crippen molar-refractivity contribution in [3.8, 4) is 0 Å². The molecule has 2 aromatic rings. The summed E-state index contributed by atoms with van der Waals surface area (Å²) in [7, 11) is 0. The molecule has 2 heterocycles. The molecular weight excluding hydrogens is 332 g/mol. The van der Waals surface area contributed by atoms with Gasteiger partial charge in [0, 0.05) is 23.4 Å². The predicted octanol–water partition coefficient (Wildman–Crippen LogP) is 3.64. The van der Waals surface area contributed by atoms with Crippen LogP contribution in [0.25, 0.3) is 0 Å². The third-order valence-electron chi connectivity index (χ3n) is 3.99. The molecule has 4 nitrogen and oxygen atoms in total. The quantitative estimate of drug-likeness (QED) is 0.845. The molecule has 1 aliphatic rings. The Balaban J connectivity index is 1.68. The molecule has 23 heavy (non-hydrogen) atoms. The first-order valence-corrected chi connectivity index (χ1v) is 8.93. The van der Waals surface area contributed by atoms with E-state index in [0.29, 0.717) is 37.6 Å². The van der Waals surface area contributed by atoms with Gasteiger partial charge in [0.05, 0.1) is 30.0 Å². The zero-order valence-corrected chi connectivity index (χ0v) is 14.6. The summed E-state index contributed by atoms with van der Waals surface area (Å²) in [5.41, 5.74) is 1.94. The van der Waals surface area contributed by atoms with Crippen LogP contribution in [-0.4, -0.2) is 35.5 Å². The number of aromatic nitrogens is 1. The van der Waals surface area contributed by atoms with Crippen molar-refractivity contribution >= 4 is 28.8 Å². The number of aryl methyl sites for hydroxylation is 2. The summed E-state index contributed by atoms with van der Waals surface area (Å²) in [6.07, 6.45) is 1.10. The number of ether oxygens (including phenoxy) is 1. The van der Waals surface area contributed by atoms with Crippen LogP contribution in [0.4, 0.5) is 0 Å². The topological polar surface area (TPSA) is 42.4 Å². The van der Waals surface area contributed by atoms with Crippen molar-refractivity contribution in [3.63, 3.8) is 0 Å². The highest BCUT2D eigenvalue weighted by Gasteiger charge is 2.29. The molecule has 0 unspecified atom stereocenters. The van der Waals surface area contributed by atoms with Gasteiger partial charge in [0.2, 0.25) is 5.91 Å². The van der Waals surface area contributed by atoms with Crippen molar-refractivity contribution in [1.29, 1.82) is 0 Å². The molecule has 1 aromatic carbocycles. The van der Waals surface area contributed by atoms with E-state index < -0.39 is 0 Å². The Morgan fingerprint density at radius 2 is 2.30 bits per heavy atom. The lowest BCUT2D eigenvalue weighted by Gasteiger charge is -2.34. The van der Waals surface area contributed by atoms with E-state index >= 15 is 0 Å². The van der Waals surface area contributed by atoms with Crippen molar-refractivity contribution < 1.29 is 9.53 Å². The molecule has 0 saturated carbocycles. The molecule has 1 atom stereocenters. The monoisotopic (exact) mass is 350 g/mol. The molecule has 3 rings (SSSR count). The largest absolute Gasteiger partial charge is 0.377 e. The molecule has 0 N–H and O–H groups in total. The lowest BCUT2D eigenvalue weighted by molar-refractivity contribution is -0.140. The summed E-state index contributed by atoms with van der Waals surface area (Å²) in [4.78, 5) is 19.1. The lowest BCUT2D eigenvalue weighted by atomic mass is 10.1. The summed E-state index contributed by atoms with van der Waals surface area (Å²) in [5.74, 6) is 0.129. The molecule has 1 saturated heterocycles. The Kier molecular flexibility index (Phi) is 5.30. The number of hydrogen-bond acceptors (Lipinski definition) is 4. The number of morpholine rings is 1. The van der Waals surface area contributed by atoms with Gasteiger partial charge in [-0.2, -0.15) is 0 Å². The second kappa shape index (κ2) is 7.43. The maximum Gasteiger partial charge on any atom is 0.223 e. The van der Waals surface area contributed by atoms with Crippen LogP contribution in [0.1, 0.15) is 28.7 Å². The van der Waals surface area contributed by atoms with Crippen LogP contribution in [0.3, 0.4) is 0 Å². The van der Waals surface area contributed by atoms with Crippen LogP contribution in [-0.2, 0) is 16.0 Å². The Labute approximate surface area is 145 Å². The summed E-state index contributed by atoms with van der Waals surface area (Å²) in [6.45, 7) is 3.68. The van der Waals surface area contributed by atoms with E-state index in [1.807, 2.05) is 41.5 Å². The second-order valence-electron chi connectivity index (χ2n) is 5.56. The number of halogens is 1. The van der Waals surface area contributed by atoms with E-state index in [4.69, 9.17) is 16.3 Å². The molecule has 0 radical (unpaired) electrons. The number of nitrogens with zero attached hydrogens (tertiary/aromatic N) is 2. The average Bonchev–Trinajstić information content (AvgIpc) is 3.00. The highest BCUT2D eigenvalue weighted by Crippen LogP contribution is 2.26. The SMILES string of the molecule is Cc1nc([C@@H]2COCCN2C(=O)CCc2ccccc2Cl)cs1. The van der Waals surface area contributed by atoms with E-state index in [1.54, 1.807) is 11.3 Å². The van der Waals surface area contributed by atoms with E-state index in [-0.39, 0.29) is 11.9 Å². The van der Waals surface area contributed by atoms with E-state index in [9.17, 15) is 4.79 Å². The Bertz CT molecular complexity index is 689. The fourth-order valence-electron chi connectivity index (χ4n) is 2.77. The predicted molar refractivity (Wildman–Crippen MR) is 91.9 cm³/mol. The minimum Gasteiger partial charge on any atom is -0.377 e. The Morgan fingerprint density at radius 3 is 3.04 bits per heavy atom. The third-order valence-corrected chi connectivity index (χ3v) is 5.15. The van der Waals surface area contributed by atoms with Gasteiger partial charge in [-0.05, 0) is 25.0 Å². The zero-order valence-electron chi connectivity index (χ0n) is 13.0. The van der Waals surface area contributed by atoms with Gasteiger partial charge in [0.15, 0.2) is 0 Å². The van der Waals surface area contributed by atoms with Crippen molar-refractivity contribution in [2.45, 2.75) is 25.8 Å². The van der Waals surface area contributed by atoms with Gasteiger partial charge >= 0.3 is 0 Å². The van der Waals surface area contributed by atoms with Crippen molar-refractivity contribution in [2.24, 2.45) is 0 Å². The van der Waals surface area contributed by atoms with Gasteiger partial charge in [-0.1, -0.05) is 29.8 Å². The standard InChI is InChI=1S/C17H19ClN2O2S/c1-12-19-15(11-23-12)16-10-22-9-8-20(16)17(21)7-6-13-4-2-3-5-14(13)18/h2-5,11,16H,6-10H2,1H3/t16-/m0/s1. The van der Waals surface area contributed by atoms with Crippen LogP contribution in [0.2, 0.25) is 5.02 Å². The average molecular weight is 351 g/mol. The van der Waals surface area contributed by atoms with E-state index in [1.165, 1.54) is 0 Å². The minimum atomic E-state index is -0.0764. The first-order chi connectivity index (χ1) is 11.1. The van der Waals surface area contributed by atoms with Crippen LogP contribution >= 0.6 is 22.9 Å². The molecular formula is C17H19ClN2O2S. The van der Waals surface area contributed by atoms with Gasteiger partial charge in [-0.3, -0.25) is 4.79 Å². The van der Waals surface area contributed by atoms with Crippen molar-refractivity contribution in [1.82, 2.24) is 9.88 Å². The first kappa shape index (κ1) is 16.4. The molecule has 1 aliphatic heterocycles. The highest BCUT2D eigenvalue weighted by molar-refractivity contribution is 7.09. The minimum absolute atomic E-state index is 0.0764. The van der Waals surface area contributed by atoms with Gasteiger partial charge in [-0.15, -0.1) is 11.3 Å². The Hall–Kier alpha value is -1.43. The maximum absolute atomic E-state index is 12.7. The van der Waals surface area contributed by atoms with Crippen LogP contribution in [0.15, 0.2) is 29.6 Å². The zero-order chi connectivity index (χ0) is 16.2. The number of carbonyl (C=O) groups is 1. The van der Waals surface area contributed by atoms with Gasteiger partial charge in [0.1, 0.15) is 0 Å². The molecule has 6 heteroatoms. The molecule has 1 aromatic heterocycles. The molecule has 1 fully saturated rings. The van der Waals surface area contributed by atoms with Gasteiger partial charge in [0.25, 0.3) is 0 Å². The number of rotatable bonds is 4. The fourth-order valence-corrected chi connectivity index (χ4v) is 3.66. The molecule has 1 amide bonds. The smallest absolute Gasteiger partial charge is 0.223 e. The van der Waals surface area contributed by atoms with E-state index in [0.717, 1.165) is 16.3 Å². The summed E-state index contributed by atoms with van der Waals surface area (Å²) in [6, 6.07) is 7.59. The first-order valence-electron chi connectivity index (χ1n) is 7.68. The van der Waals surface area contributed by atoms with Crippen LogP contribution in [0, 0.1) is 6.92 Å². The molecule has 0 bridgehead atoms.